The normalized spacial score (nSPS) is 10.5. The second-order valence-electron chi connectivity index (χ2n) is 4.41. The lowest BCUT2D eigenvalue weighted by Gasteiger charge is -2.09. The molecule has 0 aliphatic rings. The van der Waals surface area contributed by atoms with Gasteiger partial charge >= 0.3 is 0 Å². The van der Waals surface area contributed by atoms with E-state index >= 15 is 0 Å². The molecule has 88 valence electrons. The highest BCUT2D eigenvalue weighted by molar-refractivity contribution is 5.43. The minimum absolute atomic E-state index is 0.285. The maximum absolute atomic E-state index is 9.59. The van der Waals surface area contributed by atoms with E-state index in [9.17, 15) is 10.2 Å². The molecule has 0 spiro atoms. The van der Waals surface area contributed by atoms with E-state index in [1.54, 1.807) is 18.2 Å². The van der Waals surface area contributed by atoms with E-state index in [1.807, 2.05) is 32.0 Å². The largest absolute Gasteiger partial charge is 0.508 e. The predicted molar refractivity (Wildman–Crippen MR) is 68.5 cm³/mol. The van der Waals surface area contributed by atoms with Crippen LogP contribution in [0.5, 0.6) is 11.5 Å². The quantitative estimate of drug-likeness (QED) is 0.828. The van der Waals surface area contributed by atoms with Gasteiger partial charge in [-0.05, 0) is 60.7 Å². The van der Waals surface area contributed by atoms with Gasteiger partial charge in [-0.15, -0.1) is 0 Å². The highest BCUT2D eigenvalue weighted by Gasteiger charge is 2.04. The molecule has 0 aromatic heterocycles. The van der Waals surface area contributed by atoms with Crippen LogP contribution in [0.2, 0.25) is 0 Å². The summed E-state index contributed by atoms with van der Waals surface area (Å²) in [6.07, 6.45) is 0.813. The molecule has 2 rings (SSSR count). The third kappa shape index (κ3) is 2.59. The van der Waals surface area contributed by atoms with E-state index in [4.69, 9.17) is 0 Å². The number of aryl methyl sites for hydroxylation is 2. The molecule has 0 unspecified atom stereocenters. The van der Waals surface area contributed by atoms with Crippen LogP contribution in [0.1, 0.15) is 22.3 Å². The van der Waals surface area contributed by atoms with Crippen LogP contribution >= 0.6 is 0 Å². The van der Waals surface area contributed by atoms with Crippen molar-refractivity contribution in [2.24, 2.45) is 0 Å². The highest BCUT2D eigenvalue weighted by Crippen LogP contribution is 2.23. The summed E-state index contributed by atoms with van der Waals surface area (Å²) in [7, 11) is 0. The van der Waals surface area contributed by atoms with Crippen molar-refractivity contribution in [2.45, 2.75) is 20.3 Å². The number of aromatic hydroxyl groups is 2. The van der Waals surface area contributed by atoms with Gasteiger partial charge in [0, 0.05) is 0 Å². The Morgan fingerprint density at radius 3 is 2.18 bits per heavy atom. The lowest BCUT2D eigenvalue weighted by atomic mass is 9.98. The van der Waals surface area contributed by atoms with E-state index < -0.39 is 0 Å². The van der Waals surface area contributed by atoms with Gasteiger partial charge in [0.1, 0.15) is 11.5 Å². The van der Waals surface area contributed by atoms with Crippen molar-refractivity contribution in [1.82, 2.24) is 0 Å². The van der Waals surface area contributed by atoms with Crippen molar-refractivity contribution in [2.75, 3.05) is 0 Å². The van der Waals surface area contributed by atoms with Gasteiger partial charge in [-0.25, -0.2) is 0 Å². The summed E-state index contributed by atoms with van der Waals surface area (Å²) >= 11 is 0. The first-order valence-electron chi connectivity index (χ1n) is 5.63. The minimum atomic E-state index is 0.285. The Bertz CT molecular complexity index is 527. The van der Waals surface area contributed by atoms with Crippen molar-refractivity contribution >= 4 is 0 Å². The van der Waals surface area contributed by atoms with Gasteiger partial charge in [-0.3, -0.25) is 0 Å². The highest BCUT2D eigenvalue weighted by atomic mass is 16.3. The van der Waals surface area contributed by atoms with Crippen molar-refractivity contribution in [3.8, 4) is 11.5 Å². The van der Waals surface area contributed by atoms with E-state index in [0.29, 0.717) is 5.75 Å². The van der Waals surface area contributed by atoms with Gasteiger partial charge in [0.15, 0.2) is 0 Å². The average molecular weight is 228 g/mol. The molecule has 0 amide bonds. The SMILES string of the molecule is Cc1cc(Cc2ccc(O)cc2)c(C)cc1O. The van der Waals surface area contributed by atoms with Crippen molar-refractivity contribution in [3.63, 3.8) is 0 Å². The van der Waals surface area contributed by atoms with Crippen LogP contribution in [0.4, 0.5) is 0 Å². The standard InChI is InChI=1S/C15H16O2/c1-10-8-15(17)11(2)7-13(10)9-12-3-5-14(16)6-4-12/h3-8,16-17H,9H2,1-2H3. The predicted octanol–water partition coefficient (Wildman–Crippen LogP) is 3.31. The van der Waals surface area contributed by atoms with Crippen molar-refractivity contribution in [3.05, 3.63) is 58.7 Å². The summed E-state index contributed by atoms with van der Waals surface area (Å²) in [5.41, 5.74) is 4.33. The van der Waals surface area contributed by atoms with Gasteiger partial charge in [-0.2, -0.15) is 0 Å². The van der Waals surface area contributed by atoms with Crippen LogP contribution < -0.4 is 0 Å². The van der Waals surface area contributed by atoms with Crippen LogP contribution in [0.3, 0.4) is 0 Å². The molecule has 0 radical (unpaired) electrons. The van der Waals surface area contributed by atoms with Gasteiger partial charge in [0.2, 0.25) is 0 Å². The molecule has 2 aromatic rings. The molecule has 2 aromatic carbocycles. The first-order valence-corrected chi connectivity index (χ1v) is 5.63. The Morgan fingerprint density at radius 2 is 1.53 bits per heavy atom. The van der Waals surface area contributed by atoms with Gasteiger partial charge < -0.3 is 10.2 Å². The van der Waals surface area contributed by atoms with Gasteiger partial charge in [0.25, 0.3) is 0 Å². The molecule has 0 heterocycles. The van der Waals surface area contributed by atoms with Gasteiger partial charge in [-0.1, -0.05) is 18.2 Å². The number of benzene rings is 2. The Morgan fingerprint density at radius 1 is 0.882 bits per heavy atom. The molecule has 0 aliphatic carbocycles. The van der Waals surface area contributed by atoms with E-state index in [1.165, 1.54) is 5.56 Å². The monoisotopic (exact) mass is 228 g/mol. The molecule has 2 N–H and O–H groups in total. The molecule has 0 saturated carbocycles. The number of rotatable bonds is 2. The number of hydrogen-bond acceptors (Lipinski definition) is 2. The molecule has 2 nitrogen and oxygen atoms in total. The average Bonchev–Trinajstić information content (AvgIpc) is 2.29. The molecular weight excluding hydrogens is 212 g/mol. The molecule has 17 heavy (non-hydrogen) atoms. The van der Waals surface area contributed by atoms with Crippen LogP contribution in [-0.2, 0) is 6.42 Å². The molecule has 0 aliphatic heterocycles. The van der Waals surface area contributed by atoms with E-state index in [2.05, 4.69) is 0 Å². The number of phenolic OH excluding ortho intramolecular Hbond substituents is 2. The summed E-state index contributed by atoms with van der Waals surface area (Å²) in [6, 6.07) is 11.0. The lowest BCUT2D eigenvalue weighted by Crippen LogP contribution is -1.93. The van der Waals surface area contributed by atoms with Crippen molar-refractivity contribution in [1.29, 1.82) is 0 Å². The summed E-state index contributed by atoms with van der Waals surface area (Å²) in [6.45, 7) is 3.89. The zero-order valence-electron chi connectivity index (χ0n) is 10.1. The Hall–Kier alpha value is -1.96. The Kier molecular flexibility index (Phi) is 3.05. The third-order valence-corrected chi connectivity index (χ3v) is 2.99. The first kappa shape index (κ1) is 11.5. The molecule has 0 saturated heterocycles. The fourth-order valence-corrected chi connectivity index (χ4v) is 1.88. The summed E-state index contributed by atoms with van der Waals surface area (Å²) in [5, 5.41) is 18.8. The molecule has 0 atom stereocenters. The van der Waals surface area contributed by atoms with Crippen molar-refractivity contribution < 1.29 is 10.2 Å². The van der Waals surface area contributed by atoms with Crippen LogP contribution in [0.15, 0.2) is 36.4 Å². The summed E-state index contributed by atoms with van der Waals surface area (Å²) in [4.78, 5) is 0. The zero-order chi connectivity index (χ0) is 12.4. The summed E-state index contributed by atoms with van der Waals surface area (Å²) in [5.74, 6) is 0.629. The minimum Gasteiger partial charge on any atom is -0.508 e. The van der Waals surface area contributed by atoms with E-state index in [-0.39, 0.29) is 5.75 Å². The van der Waals surface area contributed by atoms with Crippen LogP contribution in [-0.4, -0.2) is 10.2 Å². The Balaban J connectivity index is 2.30. The lowest BCUT2D eigenvalue weighted by molar-refractivity contribution is 0.470. The smallest absolute Gasteiger partial charge is 0.118 e. The fraction of sp³-hybridized carbons (Fsp3) is 0.200. The third-order valence-electron chi connectivity index (χ3n) is 2.99. The maximum Gasteiger partial charge on any atom is 0.118 e. The van der Waals surface area contributed by atoms with Crippen LogP contribution in [0, 0.1) is 13.8 Å². The molecule has 2 heteroatoms. The molecule has 0 fully saturated rings. The molecular formula is C15H16O2. The van der Waals surface area contributed by atoms with Gasteiger partial charge in [0.05, 0.1) is 0 Å². The van der Waals surface area contributed by atoms with Crippen LogP contribution in [0.25, 0.3) is 0 Å². The number of hydrogen-bond donors (Lipinski definition) is 2. The zero-order valence-corrected chi connectivity index (χ0v) is 10.1. The maximum atomic E-state index is 9.59. The molecule has 0 bridgehead atoms. The topological polar surface area (TPSA) is 40.5 Å². The first-order chi connectivity index (χ1) is 8.06. The second-order valence-corrected chi connectivity index (χ2v) is 4.41. The van der Waals surface area contributed by atoms with E-state index in [0.717, 1.165) is 23.1 Å². The number of phenols is 2. The second kappa shape index (κ2) is 4.50. The summed E-state index contributed by atoms with van der Waals surface area (Å²) < 4.78 is 0. The fourth-order valence-electron chi connectivity index (χ4n) is 1.88. The Labute approximate surface area is 101 Å².